The highest BCUT2D eigenvalue weighted by Crippen LogP contribution is 2.33. The number of hydrogen-bond donors (Lipinski definition) is 1. The molecule has 0 aliphatic carbocycles. The molecule has 0 radical (unpaired) electrons. The number of hydrogen-bond acceptors (Lipinski definition) is 3. The molecule has 3 nitrogen and oxygen atoms in total. The van der Waals surface area contributed by atoms with E-state index in [1.807, 2.05) is 0 Å². The molecule has 1 atom stereocenters. The largest absolute Gasteiger partial charge is 0.478 e. The molecule has 5 heteroatoms. The summed E-state index contributed by atoms with van der Waals surface area (Å²) in [5, 5.41) is 9.17. The van der Waals surface area contributed by atoms with Crippen molar-refractivity contribution in [2.75, 3.05) is 11.5 Å². The van der Waals surface area contributed by atoms with Crippen molar-refractivity contribution in [2.24, 2.45) is 0 Å². The van der Waals surface area contributed by atoms with Gasteiger partial charge in [0.2, 0.25) is 5.60 Å². The molecular formula is C11H11FO3S. The number of carbonyl (C=O) groups is 1. The molecule has 1 aromatic carbocycles. The van der Waals surface area contributed by atoms with Crippen molar-refractivity contribution in [3.05, 3.63) is 30.1 Å². The van der Waals surface area contributed by atoms with Crippen molar-refractivity contribution in [3.8, 4) is 5.75 Å². The van der Waals surface area contributed by atoms with Crippen LogP contribution in [0.3, 0.4) is 0 Å². The summed E-state index contributed by atoms with van der Waals surface area (Å²) < 4.78 is 18.2. The number of halogens is 1. The minimum Gasteiger partial charge on any atom is -0.478 e. The Morgan fingerprint density at radius 1 is 1.44 bits per heavy atom. The lowest BCUT2D eigenvalue weighted by Crippen LogP contribution is -2.44. The molecule has 1 fully saturated rings. The zero-order valence-corrected chi connectivity index (χ0v) is 9.30. The highest BCUT2D eigenvalue weighted by molar-refractivity contribution is 7.99. The highest BCUT2D eigenvalue weighted by atomic mass is 32.2. The number of aliphatic carboxylic acids is 1. The Morgan fingerprint density at radius 3 is 2.62 bits per heavy atom. The minimum absolute atomic E-state index is 0.363. The van der Waals surface area contributed by atoms with E-state index >= 15 is 0 Å². The first-order valence-electron chi connectivity index (χ1n) is 4.88. The fourth-order valence-corrected chi connectivity index (χ4v) is 2.84. The number of rotatable bonds is 3. The van der Waals surface area contributed by atoms with Crippen LogP contribution in [0, 0.1) is 5.82 Å². The Morgan fingerprint density at radius 2 is 2.12 bits per heavy atom. The first-order chi connectivity index (χ1) is 7.62. The van der Waals surface area contributed by atoms with Gasteiger partial charge >= 0.3 is 5.97 Å². The van der Waals surface area contributed by atoms with Gasteiger partial charge in [0, 0.05) is 12.2 Å². The van der Waals surface area contributed by atoms with Gasteiger partial charge < -0.3 is 9.84 Å². The third-order valence-corrected chi connectivity index (χ3v) is 3.67. The normalized spacial score (nSPS) is 24.3. The van der Waals surface area contributed by atoms with E-state index in [4.69, 9.17) is 9.84 Å². The quantitative estimate of drug-likeness (QED) is 0.882. The van der Waals surface area contributed by atoms with Crippen LogP contribution in [0.15, 0.2) is 24.3 Å². The fourth-order valence-electron chi connectivity index (χ4n) is 1.57. The van der Waals surface area contributed by atoms with Crippen molar-refractivity contribution in [1.82, 2.24) is 0 Å². The van der Waals surface area contributed by atoms with E-state index in [1.54, 1.807) is 11.8 Å². The summed E-state index contributed by atoms with van der Waals surface area (Å²) in [5.41, 5.74) is -1.15. The Labute approximate surface area is 96.6 Å². The zero-order chi connectivity index (χ0) is 11.6. The monoisotopic (exact) mass is 242 g/mol. The number of carboxylic acid groups (broad SMARTS) is 1. The third kappa shape index (κ3) is 2.14. The molecule has 1 unspecified atom stereocenters. The second-order valence-corrected chi connectivity index (χ2v) is 4.76. The van der Waals surface area contributed by atoms with Gasteiger partial charge in [0.25, 0.3) is 0 Å². The van der Waals surface area contributed by atoms with E-state index in [2.05, 4.69) is 0 Å². The van der Waals surface area contributed by atoms with Crippen molar-refractivity contribution in [1.29, 1.82) is 0 Å². The van der Waals surface area contributed by atoms with Crippen LogP contribution in [0.4, 0.5) is 4.39 Å². The van der Waals surface area contributed by atoms with E-state index in [9.17, 15) is 9.18 Å². The molecule has 1 N–H and O–H groups in total. The third-order valence-electron chi connectivity index (χ3n) is 2.50. The maximum atomic E-state index is 12.7. The summed E-state index contributed by atoms with van der Waals surface area (Å²) in [6, 6.07) is 5.41. The van der Waals surface area contributed by atoms with E-state index < -0.39 is 11.6 Å². The average molecular weight is 242 g/mol. The molecule has 1 saturated heterocycles. The fraction of sp³-hybridized carbons (Fsp3) is 0.364. The molecule has 0 amide bonds. The molecule has 2 rings (SSSR count). The van der Waals surface area contributed by atoms with Crippen LogP contribution in [0.2, 0.25) is 0 Å². The van der Waals surface area contributed by atoms with E-state index in [-0.39, 0.29) is 5.82 Å². The Bertz CT molecular complexity index is 385. The molecule has 1 aliphatic rings. The standard InChI is InChI=1S/C11H11FO3S/c12-8-1-3-9(4-2-8)15-11(10(13)14)5-6-16-7-11/h1-4H,5-7H2,(H,13,14). The molecule has 1 aliphatic heterocycles. The molecule has 0 saturated carbocycles. The predicted octanol–water partition coefficient (Wildman–Crippen LogP) is 2.16. The van der Waals surface area contributed by atoms with Crippen molar-refractivity contribution < 1.29 is 19.0 Å². The first-order valence-corrected chi connectivity index (χ1v) is 6.04. The highest BCUT2D eigenvalue weighted by Gasteiger charge is 2.44. The maximum Gasteiger partial charge on any atom is 0.348 e. The van der Waals surface area contributed by atoms with E-state index in [0.717, 1.165) is 5.75 Å². The summed E-state index contributed by atoms with van der Waals surface area (Å²) in [6.45, 7) is 0. The summed E-state index contributed by atoms with van der Waals surface area (Å²) in [4.78, 5) is 11.2. The number of carboxylic acids is 1. The number of ether oxygens (including phenoxy) is 1. The van der Waals surface area contributed by atoms with Gasteiger partial charge in [-0.3, -0.25) is 0 Å². The van der Waals surface area contributed by atoms with E-state index in [0.29, 0.717) is 17.9 Å². The van der Waals surface area contributed by atoms with Crippen LogP contribution in [-0.4, -0.2) is 28.2 Å². The van der Waals surface area contributed by atoms with Gasteiger partial charge in [-0.25, -0.2) is 9.18 Å². The van der Waals surface area contributed by atoms with Gasteiger partial charge in [-0.15, -0.1) is 0 Å². The van der Waals surface area contributed by atoms with Crippen LogP contribution < -0.4 is 4.74 Å². The van der Waals surface area contributed by atoms with Crippen LogP contribution >= 0.6 is 11.8 Å². The van der Waals surface area contributed by atoms with Gasteiger partial charge in [-0.1, -0.05) is 0 Å². The lowest BCUT2D eigenvalue weighted by molar-refractivity contribution is -0.152. The molecule has 0 bridgehead atoms. The van der Waals surface area contributed by atoms with Crippen LogP contribution in [-0.2, 0) is 4.79 Å². The molecular weight excluding hydrogens is 231 g/mol. The first kappa shape index (κ1) is 11.3. The summed E-state index contributed by atoms with van der Waals surface area (Å²) >= 11 is 1.55. The molecule has 86 valence electrons. The second-order valence-electron chi connectivity index (χ2n) is 3.66. The Hall–Kier alpha value is -1.23. The molecule has 1 heterocycles. The molecule has 0 spiro atoms. The Kier molecular flexibility index (Phi) is 3.05. The van der Waals surface area contributed by atoms with Crippen molar-refractivity contribution >= 4 is 17.7 Å². The van der Waals surface area contributed by atoms with Gasteiger partial charge in [0.1, 0.15) is 11.6 Å². The summed E-state index contributed by atoms with van der Waals surface area (Å²) in [6.07, 6.45) is 0.477. The van der Waals surface area contributed by atoms with Crippen molar-refractivity contribution in [2.45, 2.75) is 12.0 Å². The molecule has 16 heavy (non-hydrogen) atoms. The van der Waals surface area contributed by atoms with E-state index in [1.165, 1.54) is 24.3 Å². The maximum absolute atomic E-state index is 12.7. The lowest BCUT2D eigenvalue weighted by Gasteiger charge is -2.24. The Balaban J connectivity index is 2.18. The topological polar surface area (TPSA) is 46.5 Å². The van der Waals surface area contributed by atoms with Crippen LogP contribution in [0.1, 0.15) is 6.42 Å². The summed E-state index contributed by atoms with van der Waals surface area (Å²) in [5.74, 6) is 0.276. The number of thioether (sulfide) groups is 1. The molecule has 1 aromatic rings. The minimum atomic E-state index is -1.15. The number of benzene rings is 1. The summed E-state index contributed by atoms with van der Waals surface area (Å²) in [7, 11) is 0. The predicted molar refractivity (Wildman–Crippen MR) is 59.3 cm³/mol. The van der Waals surface area contributed by atoms with Crippen molar-refractivity contribution in [3.63, 3.8) is 0 Å². The van der Waals surface area contributed by atoms with Crippen LogP contribution in [0.25, 0.3) is 0 Å². The second kappa shape index (κ2) is 4.33. The smallest absolute Gasteiger partial charge is 0.348 e. The van der Waals surface area contributed by atoms with Gasteiger partial charge in [0.05, 0.1) is 0 Å². The van der Waals surface area contributed by atoms with Gasteiger partial charge in [-0.05, 0) is 30.0 Å². The van der Waals surface area contributed by atoms with Gasteiger partial charge in [0.15, 0.2) is 0 Å². The zero-order valence-electron chi connectivity index (χ0n) is 8.48. The average Bonchev–Trinajstić information content (AvgIpc) is 2.71. The van der Waals surface area contributed by atoms with Crippen LogP contribution in [0.5, 0.6) is 5.75 Å². The SMILES string of the molecule is O=C(O)C1(Oc2ccc(F)cc2)CCSC1. The molecule has 0 aromatic heterocycles. The lowest BCUT2D eigenvalue weighted by atomic mass is 10.0. The van der Waals surface area contributed by atoms with Gasteiger partial charge in [-0.2, -0.15) is 11.8 Å².